The van der Waals surface area contributed by atoms with Gasteiger partial charge in [0.1, 0.15) is 23.5 Å². The van der Waals surface area contributed by atoms with Gasteiger partial charge in [-0.2, -0.15) is 0 Å². The molecule has 2 heterocycles. The van der Waals surface area contributed by atoms with E-state index in [1.807, 2.05) is 35.9 Å². The van der Waals surface area contributed by atoms with Crippen molar-refractivity contribution in [1.82, 2.24) is 19.6 Å². The summed E-state index contributed by atoms with van der Waals surface area (Å²) in [5, 5.41) is 3.00. The van der Waals surface area contributed by atoms with Gasteiger partial charge in [0.25, 0.3) is 10.0 Å². The van der Waals surface area contributed by atoms with Crippen LogP contribution in [0.2, 0.25) is 0 Å². The predicted octanol–water partition coefficient (Wildman–Crippen LogP) is 1.76. The second-order valence-corrected chi connectivity index (χ2v) is 8.87. The normalized spacial score (nSPS) is 16.2. The number of aryl methyl sites for hydroxylation is 1. The second-order valence-electron chi connectivity index (χ2n) is 7.22. The molecule has 0 fully saturated rings. The van der Waals surface area contributed by atoms with Crippen LogP contribution in [0.5, 0.6) is 5.75 Å². The Hall–Kier alpha value is -3.66. The maximum absolute atomic E-state index is 12.8. The highest BCUT2D eigenvalue weighted by atomic mass is 32.2. The van der Waals surface area contributed by atoms with Crippen LogP contribution in [0.3, 0.4) is 0 Å². The summed E-state index contributed by atoms with van der Waals surface area (Å²) in [5.41, 5.74) is 1.29. The van der Waals surface area contributed by atoms with Gasteiger partial charge in [0.2, 0.25) is 5.91 Å². The number of methoxy groups -OCH3 is 1. The summed E-state index contributed by atoms with van der Waals surface area (Å²) in [5.74, 6) is 1.30. The average molecular weight is 454 g/mol. The molecule has 10 heteroatoms. The Morgan fingerprint density at radius 3 is 2.72 bits per heavy atom. The van der Waals surface area contributed by atoms with Gasteiger partial charge in [-0.3, -0.25) is 14.5 Å². The summed E-state index contributed by atoms with van der Waals surface area (Å²) >= 11 is 0. The Kier molecular flexibility index (Phi) is 5.95. The number of ether oxygens (including phenoxy) is 1. The maximum Gasteiger partial charge on any atom is 0.263 e. The van der Waals surface area contributed by atoms with Crippen LogP contribution in [0, 0.1) is 0 Å². The molecule has 9 nitrogen and oxygen atoms in total. The molecule has 1 amide bonds. The van der Waals surface area contributed by atoms with E-state index in [-0.39, 0.29) is 29.6 Å². The number of para-hydroxylation sites is 1. The van der Waals surface area contributed by atoms with E-state index in [2.05, 4.69) is 20.0 Å². The van der Waals surface area contributed by atoms with Crippen molar-refractivity contribution in [1.29, 1.82) is 0 Å². The summed E-state index contributed by atoms with van der Waals surface area (Å²) in [6.45, 7) is 0.122. The molecule has 2 N–H and O–H groups in total. The number of amidine groups is 1. The fourth-order valence-electron chi connectivity index (χ4n) is 3.60. The maximum atomic E-state index is 12.8. The minimum Gasteiger partial charge on any atom is -0.496 e. The van der Waals surface area contributed by atoms with E-state index in [9.17, 15) is 13.2 Å². The Bertz CT molecular complexity index is 1280. The largest absolute Gasteiger partial charge is 0.496 e. The number of nitrogens with zero attached hydrogens (tertiary/aromatic N) is 3. The predicted molar refractivity (Wildman–Crippen MR) is 119 cm³/mol. The zero-order valence-corrected chi connectivity index (χ0v) is 18.5. The zero-order chi connectivity index (χ0) is 22.7. The van der Waals surface area contributed by atoms with E-state index in [0.717, 1.165) is 5.56 Å². The number of nitrogens with one attached hydrogen (secondary N) is 2. The van der Waals surface area contributed by atoms with E-state index >= 15 is 0 Å². The topological polar surface area (TPSA) is 115 Å². The second kappa shape index (κ2) is 8.83. The number of carbonyl (C=O) groups excluding carboxylic acids is 1. The molecule has 4 rings (SSSR count). The molecule has 0 saturated carbocycles. The number of aromatic nitrogens is 2. The highest BCUT2D eigenvalue weighted by Gasteiger charge is 2.30. The third kappa shape index (κ3) is 4.22. The molecular formula is C22H23N5O4S. The SMILES string of the molecule is COc1ccccc1[C@@H](NC(=O)CCN=C1NS(=O)(=O)c2ccccc21)c1nccn1C. The lowest BCUT2D eigenvalue weighted by molar-refractivity contribution is -0.121. The lowest BCUT2D eigenvalue weighted by atomic mass is 10.0. The van der Waals surface area contributed by atoms with Crippen molar-refractivity contribution in [2.45, 2.75) is 17.4 Å². The van der Waals surface area contributed by atoms with Crippen molar-refractivity contribution in [3.8, 4) is 5.75 Å². The Morgan fingerprint density at radius 1 is 1.22 bits per heavy atom. The van der Waals surface area contributed by atoms with Crippen molar-refractivity contribution < 1.29 is 17.9 Å². The smallest absolute Gasteiger partial charge is 0.263 e. The number of rotatable bonds is 7. The average Bonchev–Trinajstić information content (AvgIpc) is 3.32. The number of sulfonamides is 1. The molecule has 2 aromatic carbocycles. The molecule has 0 spiro atoms. The third-order valence-corrected chi connectivity index (χ3v) is 6.54. The molecule has 1 aliphatic rings. The minimum absolute atomic E-state index is 0.0729. The zero-order valence-electron chi connectivity index (χ0n) is 17.6. The Labute approximate surface area is 186 Å². The summed E-state index contributed by atoms with van der Waals surface area (Å²) in [6.07, 6.45) is 3.54. The monoisotopic (exact) mass is 453 g/mol. The van der Waals surface area contributed by atoms with Gasteiger partial charge in [-0.25, -0.2) is 13.4 Å². The number of benzene rings is 2. The van der Waals surface area contributed by atoms with Crippen LogP contribution in [0.25, 0.3) is 0 Å². The van der Waals surface area contributed by atoms with Gasteiger partial charge in [-0.15, -0.1) is 0 Å². The molecule has 1 aliphatic heterocycles. The van der Waals surface area contributed by atoms with E-state index in [0.29, 0.717) is 17.1 Å². The highest BCUT2D eigenvalue weighted by Crippen LogP contribution is 2.29. The number of amides is 1. The molecule has 1 aromatic heterocycles. The van der Waals surface area contributed by atoms with Crippen molar-refractivity contribution in [3.63, 3.8) is 0 Å². The first-order valence-corrected chi connectivity index (χ1v) is 11.4. The van der Waals surface area contributed by atoms with Crippen molar-refractivity contribution in [2.75, 3.05) is 13.7 Å². The van der Waals surface area contributed by atoms with Crippen molar-refractivity contribution in [3.05, 3.63) is 77.9 Å². The highest BCUT2D eigenvalue weighted by molar-refractivity contribution is 7.90. The third-order valence-electron chi connectivity index (χ3n) is 5.14. The summed E-state index contributed by atoms with van der Waals surface area (Å²) in [7, 11) is -0.179. The number of hydrogen-bond acceptors (Lipinski definition) is 6. The van der Waals surface area contributed by atoms with Crippen LogP contribution >= 0.6 is 0 Å². The van der Waals surface area contributed by atoms with E-state index in [1.54, 1.807) is 37.7 Å². The first-order valence-electron chi connectivity index (χ1n) is 9.97. The van der Waals surface area contributed by atoms with E-state index < -0.39 is 16.1 Å². The number of aliphatic imine (C=N–C) groups is 1. The fraction of sp³-hybridized carbons (Fsp3) is 0.227. The molecule has 0 unspecified atom stereocenters. The first-order chi connectivity index (χ1) is 15.4. The standard InChI is InChI=1S/C22H23N5O4S/c1-27-14-13-24-22(27)20(15-7-3-5-9-17(15)31-2)25-19(28)11-12-23-21-16-8-4-6-10-18(16)32(29,30)26-21/h3-10,13-14,20H,11-12H2,1-2H3,(H,23,26)(H,25,28)/t20-/m1/s1. The van der Waals surface area contributed by atoms with E-state index in [1.165, 1.54) is 6.07 Å². The molecule has 0 radical (unpaired) electrons. The van der Waals surface area contributed by atoms with Crippen LogP contribution in [0.15, 0.2) is 70.8 Å². The lowest BCUT2D eigenvalue weighted by Gasteiger charge is -2.21. The number of hydrogen-bond donors (Lipinski definition) is 2. The number of imidazole rings is 1. The van der Waals surface area contributed by atoms with Gasteiger partial charge in [-0.1, -0.05) is 30.3 Å². The minimum atomic E-state index is -3.61. The molecular weight excluding hydrogens is 430 g/mol. The van der Waals surface area contributed by atoms with Gasteiger partial charge in [-0.05, 0) is 18.2 Å². The molecule has 166 valence electrons. The summed E-state index contributed by atoms with van der Waals surface area (Å²) in [6, 6.07) is 13.5. The van der Waals surface area contributed by atoms with Crippen molar-refractivity contribution in [2.24, 2.45) is 12.0 Å². The van der Waals surface area contributed by atoms with Gasteiger partial charge < -0.3 is 14.6 Å². The van der Waals surface area contributed by atoms with Crippen LogP contribution < -0.4 is 14.8 Å². The van der Waals surface area contributed by atoms with Crippen LogP contribution in [-0.2, 0) is 21.9 Å². The van der Waals surface area contributed by atoms with Gasteiger partial charge in [0, 0.05) is 37.0 Å². The van der Waals surface area contributed by atoms with Crippen LogP contribution in [0.1, 0.15) is 29.4 Å². The Balaban J connectivity index is 1.51. The summed E-state index contributed by atoms with van der Waals surface area (Å²) in [4.78, 5) is 21.7. The molecule has 32 heavy (non-hydrogen) atoms. The van der Waals surface area contributed by atoms with Gasteiger partial charge in [0.05, 0.1) is 18.6 Å². The molecule has 3 aromatic rings. The lowest BCUT2D eigenvalue weighted by Crippen LogP contribution is -2.32. The van der Waals surface area contributed by atoms with Crippen molar-refractivity contribution >= 4 is 21.8 Å². The molecule has 0 aliphatic carbocycles. The van der Waals surface area contributed by atoms with Gasteiger partial charge >= 0.3 is 0 Å². The van der Waals surface area contributed by atoms with Crippen LogP contribution in [0.4, 0.5) is 0 Å². The van der Waals surface area contributed by atoms with Gasteiger partial charge in [0.15, 0.2) is 0 Å². The van der Waals surface area contributed by atoms with E-state index in [4.69, 9.17) is 4.74 Å². The summed E-state index contributed by atoms with van der Waals surface area (Å²) < 4.78 is 34.1. The quantitative estimate of drug-likeness (QED) is 0.566. The Morgan fingerprint density at radius 2 is 1.97 bits per heavy atom. The first kappa shape index (κ1) is 21.6. The number of fused-ring (bicyclic) bond motifs is 1. The number of carbonyl (C=O) groups is 1. The molecule has 0 bridgehead atoms. The molecule has 0 saturated heterocycles. The van der Waals surface area contributed by atoms with Crippen LogP contribution in [-0.4, -0.2) is 43.4 Å². The fourth-order valence-corrected chi connectivity index (χ4v) is 4.85. The molecule has 1 atom stereocenters.